The summed E-state index contributed by atoms with van der Waals surface area (Å²) in [6, 6.07) is 24.8. The van der Waals surface area contributed by atoms with Crippen molar-refractivity contribution >= 4 is 34.4 Å². The van der Waals surface area contributed by atoms with Gasteiger partial charge >= 0.3 is 0 Å². The molecule has 1 aliphatic carbocycles. The number of hydrogen-bond acceptors (Lipinski definition) is 4. The fourth-order valence-electron chi connectivity index (χ4n) is 6.38. The molecule has 206 valence electrons. The molecule has 2 aromatic heterocycles. The molecule has 1 amide bonds. The summed E-state index contributed by atoms with van der Waals surface area (Å²) in [6.07, 6.45) is 4.72. The van der Waals surface area contributed by atoms with Crippen LogP contribution in [0, 0.1) is 19.8 Å². The first-order valence-electron chi connectivity index (χ1n) is 14.3. The number of rotatable bonds is 5. The highest BCUT2D eigenvalue weighted by Gasteiger charge is 2.46. The van der Waals surface area contributed by atoms with Gasteiger partial charge < -0.3 is 14.4 Å². The minimum Gasteiger partial charge on any atom is -0.352 e. The number of benzene rings is 3. The van der Waals surface area contributed by atoms with Gasteiger partial charge in [0.15, 0.2) is 5.65 Å². The minimum atomic E-state index is 0.102. The van der Waals surface area contributed by atoms with E-state index in [0.29, 0.717) is 29.9 Å². The highest BCUT2D eigenvalue weighted by molar-refractivity contribution is 6.30. The van der Waals surface area contributed by atoms with Gasteiger partial charge in [-0.1, -0.05) is 77.3 Å². The van der Waals surface area contributed by atoms with Crippen molar-refractivity contribution < 1.29 is 4.79 Å². The van der Waals surface area contributed by atoms with E-state index in [1.165, 1.54) is 16.7 Å². The fraction of sp³-hybridized carbons (Fsp3) is 0.265. The third-order valence-electron chi connectivity index (χ3n) is 8.40. The summed E-state index contributed by atoms with van der Waals surface area (Å²) in [4.78, 5) is 27.3. The third-order valence-corrected chi connectivity index (χ3v) is 8.64. The lowest BCUT2D eigenvalue weighted by atomic mass is 10.0. The first-order valence-corrected chi connectivity index (χ1v) is 14.6. The lowest BCUT2D eigenvalue weighted by Crippen LogP contribution is -2.49. The van der Waals surface area contributed by atoms with Crippen molar-refractivity contribution in [3.8, 4) is 16.8 Å². The Morgan fingerprint density at radius 1 is 0.878 bits per heavy atom. The molecular formula is C34H32ClN5O. The van der Waals surface area contributed by atoms with Crippen molar-refractivity contribution in [3.63, 3.8) is 0 Å². The highest BCUT2D eigenvalue weighted by atomic mass is 35.5. The fourth-order valence-corrected chi connectivity index (χ4v) is 6.56. The average molecular weight is 562 g/mol. The van der Waals surface area contributed by atoms with Crippen LogP contribution in [0.4, 0.5) is 5.82 Å². The number of amides is 1. The number of carbonyl (C=O) groups excluding carboxylic acids is 1. The van der Waals surface area contributed by atoms with Crippen molar-refractivity contribution in [3.05, 3.63) is 107 Å². The van der Waals surface area contributed by atoms with Gasteiger partial charge in [-0.05, 0) is 55.5 Å². The Bertz CT molecular complexity index is 1740. The third kappa shape index (κ3) is 4.87. The number of anilines is 1. The highest BCUT2D eigenvalue weighted by Crippen LogP contribution is 2.49. The van der Waals surface area contributed by atoms with E-state index in [-0.39, 0.29) is 5.92 Å². The van der Waals surface area contributed by atoms with Gasteiger partial charge in [0.2, 0.25) is 5.91 Å². The van der Waals surface area contributed by atoms with Crippen molar-refractivity contribution in [2.75, 3.05) is 31.1 Å². The van der Waals surface area contributed by atoms with Gasteiger partial charge in [-0.3, -0.25) is 4.79 Å². The number of hydrogen-bond donors (Lipinski definition) is 0. The molecule has 0 spiro atoms. The summed E-state index contributed by atoms with van der Waals surface area (Å²) in [5, 5.41) is 1.69. The summed E-state index contributed by atoms with van der Waals surface area (Å²) in [5.74, 6) is 1.64. The molecule has 0 bridgehead atoms. The van der Waals surface area contributed by atoms with E-state index in [0.717, 1.165) is 53.2 Å². The van der Waals surface area contributed by atoms with Crippen LogP contribution in [0.5, 0.6) is 0 Å². The van der Waals surface area contributed by atoms with E-state index in [4.69, 9.17) is 21.6 Å². The number of aromatic nitrogens is 3. The molecule has 2 unspecified atom stereocenters. The van der Waals surface area contributed by atoms with Gasteiger partial charge in [0.25, 0.3) is 0 Å². The molecule has 0 N–H and O–H groups in total. The Morgan fingerprint density at radius 2 is 1.63 bits per heavy atom. The van der Waals surface area contributed by atoms with Gasteiger partial charge in [0, 0.05) is 54.6 Å². The predicted octanol–water partition coefficient (Wildman–Crippen LogP) is 6.81. The molecule has 3 aromatic carbocycles. The van der Waals surface area contributed by atoms with Gasteiger partial charge in [-0.25, -0.2) is 9.97 Å². The molecule has 6 nitrogen and oxygen atoms in total. The van der Waals surface area contributed by atoms with Crippen LogP contribution in [0.2, 0.25) is 5.02 Å². The second-order valence-corrected chi connectivity index (χ2v) is 11.8. The lowest BCUT2D eigenvalue weighted by molar-refractivity contribution is -0.133. The van der Waals surface area contributed by atoms with E-state index >= 15 is 0 Å². The second-order valence-electron chi connectivity index (χ2n) is 11.3. The zero-order valence-electron chi connectivity index (χ0n) is 23.3. The van der Waals surface area contributed by atoms with Gasteiger partial charge in [0.1, 0.15) is 12.1 Å². The molecule has 7 rings (SSSR count). The molecule has 2 atom stereocenters. The van der Waals surface area contributed by atoms with E-state index < -0.39 is 0 Å². The monoisotopic (exact) mass is 561 g/mol. The Labute approximate surface area is 245 Å². The SMILES string of the molecule is Cc1cc(C)cc(C2CC2C(=O)N2CCN(c3ncnc4c3c(-c3ccccc3)cn4-c3cccc(Cl)c3)CC2)c1. The number of halogens is 1. The number of carbonyl (C=O) groups is 1. The summed E-state index contributed by atoms with van der Waals surface area (Å²) >= 11 is 6.36. The first-order chi connectivity index (χ1) is 20.0. The van der Waals surface area contributed by atoms with E-state index in [2.05, 4.69) is 76.9 Å². The summed E-state index contributed by atoms with van der Waals surface area (Å²) in [5.41, 5.74) is 7.80. The van der Waals surface area contributed by atoms with Crippen LogP contribution in [0.1, 0.15) is 29.0 Å². The Kier molecular flexibility index (Phi) is 6.51. The molecule has 1 saturated carbocycles. The molecule has 7 heteroatoms. The molecule has 3 heterocycles. The molecular weight excluding hydrogens is 530 g/mol. The molecule has 2 fully saturated rings. The quantitative estimate of drug-likeness (QED) is 0.236. The van der Waals surface area contributed by atoms with Crippen molar-refractivity contribution in [2.45, 2.75) is 26.2 Å². The number of aryl methyl sites for hydroxylation is 2. The molecule has 1 aliphatic heterocycles. The van der Waals surface area contributed by atoms with E-state index in [9.17, 15) is 4.79 Å². The van der Waals surface area contributed by atoms with Crippen LogP contribution in [0.3, 0.4) is 0 Å². The first kappa shape index (κ1) is 25.8. The molecule has 2 aliphatic rings. The van der Waals surface area contributed by atoms with Crippen molar-refractivity contribution in [1.82, 2.24) is 19.4 Å². The standard InChI is InChI=1S/C34H32ClN5O/c1-22-15-23(2)17-25(16-22)28-19-29(28)34(41)39-13-11-38(12-14-39)32-31-30(24-7-4-3-5-8-24)20-40(33(31)37-21-36-32)27-10-6-9-26(35)18-27/h3-10,15-18,20-21,28-29H,11-14,19H2,1-2H3. The lowest BCUT2D eigenvalue weighted by Gasteiger charge is -2.36. The Hall–Kier alpha value is -4.16. The summed E-state index contributed by atoms with van der Waals surface area (Å²) in [6.45, 7) is 7.10. The smallest absolute Gasteiger partial charge is 0.226 e. The van der Waals surface area contributed by atoms with Crippen LogP contribution in [-0.4, -0.2) is 51.5 Å². The van der Waals surface area contributed by atoms with E-state index in [1.54, 1.807) is 6.33 Å². The van der Waals surface area contributed by atoms with Crippen LogP contribution >= 0.6 is 11.6 Å². The average Bonchev–Trinajstić information content (AvgIpc) is 3.70. The number of fused-ring (bicyclic) bond motifs is 1. The minimum absolute atomic E-state index is 0.102. The van der Waals surface area contributed by atoms with Gasteiger partial charge in [-0.2, -0.15) is 0 Å². The Balaban J connectivity index is 1.16. The summed E-state index contributed by atoms with van der Waals surface area (Å²) < 4.78 is 2.09. The predicted molar refractivity (Wildman–Crippen MR) is 165 cm³/mol. The molecule has 41 heavy (non-hydrogen) atoms. The van der Waals surface area contributed by atoms with Gasteiger partial charge in [-0.15, -0.1) is 0 Å². The van der Waals surface area contributed by atoms with E-state index in [1.807, 2.05) is 30.3 Å². The molecule has 1 saturated heterocycles. The number of piperazine rings is 1. The normalized spacial score (nSPS) is 18.6. The molecule has 0 radical (unpaired) electrons. The maximum atomic E-state index is 13.5. The van der Waals surface area contributed by atoms with Crippen LogP contribution in [-0.2, 0) is 4.79 Å². The zero-order valence-corrected chi connectivity index (χ0v) is 24.1. The van der Waals surface area contributed by atoms with Gasteiger partial charge in [0.05, 0.1) is 5.39 Å². The molecule has 5 aromatic rings. The van der Waals surface area contributed by atoms with Crippen molar-refractivity contribution in [2.24, 2.45) is 5.92 Å². The number of nitrogens with zero attached hydrogens (tertiary/aromatic N) is 5. The maximum Gasteiger partial charge on any atom is 0.226 e. The van der Waals surface area contributed by atoms with Crippen molar-refractivity contribution in [1.29, 1.82) is 0 Å². The second kappa shape index (κ2) is 10.3. The largest absolute Gasteiger partial charge is 0.352 e. The van der Waals surface area contributed by atoms with Crippen LogP contribution < -0.4 is 4.90 Å². The zero-order chi connectivity index (χ0) is 28.1. The topological polar surface area (TPSA) is 54.3 Å². The maximum absolute atomic E-state index is 13.5. The van der Waals surface area contributed by atoms with Crippen LogP contribution in [0.15, 0.2) is 85.3 Å². The van der Waals surface area contributed by atoms with Crippen LogP contribution in [0.25, 0.3) is 27.8 Å². The summed E-state index contributed by atoms with van der Waals surface area (Å²) in [7, 11) is 0. The Morgan fingerprint density at radius 3 is 2.37 bits per heavy atom.